The van der Waals surface area contributed by atoms with Gasteiger partial charge in [0.15, 0.2) is 0 Å². The largest absolute Gasteiger partial charge is 0.374 e. The number of hydrogen-bond donors (Lipinski definition) is 1. The van der Waals surface area contributed by atoms with E-state index in [1.165, 1.54) is 24.2 Å². The van der Waals surface area contributed by atoms with Gasteiger partial charge in [0.2, 0.25) is 0 Å². The van der Waals surface area contributed by atoms with Crippen LogP contribution in [0.5, 0.6) is 0 Å². The Balaban J connectivity index is 1.56. The van der Waals surface area contributed by atoms with Crippen LogP contribution in [-0.4, -0.2) is 32.9 Å². The van der Waals surface area contributed by atoms with Crippen molar-refractivity contribution in [3.63, 3.8) is 0 Å². The van der Waals surface area contributed by atoms with Crippen LogP contribution in [0.15, 0.2) is 23.1 Å². The minimum atomic E-state index is -3.94. The highest BCUT2D eigenvalue weighted by Crippen LogP contribution is 2.37. The molecule has 0 atom stereocenters. The Kier molecular flexibility index (Phi) is 5.18. The molecule has 2 aromatic rings. The zero-order valence-electron chi connectivity index (χ0n) is 16.2. The highest BCUT2D eigenvalue weighted by Gasteiger charge is 2.27. The second kappa shape index (κ2) is 7.48. The van der Waals surface area contributed by atoms with Gasteiger partial charge in [-0.15, -0.1) is 11.3 Å². The molecule has 1 fully saturated rings. The lowest BCUT2D eigenvalue weighted by molar-refractivity contribution is 0.0984. The maximum atomic E-state index is 12.8. The summed E-state index contributed by atoms with van der Waals surface area (Å²) in [5, 5.41) is 0.952. The Labute approximate surface area is 170 Å². The van der Waals surface area contributed by atoms with Crippen LogP contribution in [0, 0.1) is 6.92 Å². The fourth-order valence-corrected chi connectivity index (χ4v) is 6.28. The number of hydrogen-bond acceptors (Lipinski definition) is 6. The van der Waals surface area contributed by atoms with E-state index >= 15 is 0 Å². The van der Waals surface area contributed by atoms with E-state index < -0.39 is 15.9 Å². The van der Waals surface area contributed by atoms with Crippen LogP contribution in [0.4, 0.5) is 5.69 Å². The summed E-state index contributed by atoms with van der Waals surface area (Å²) in [5.74, 6) is -0.191. The van der Waals surface area contributed by atoms with Gasteiger partial charge in [-0.3, -0.25) is 4.79 Å². The van der Waals surface area contributed by atoms with Crippen LogP contribution in [0.2, 0.25) is 0 Å². The first-order valence-corrected chi connectivity index (χ1v) is 12.0. The number of fused-ring (bicyclic) bond motifs is 1. The number of sulfonamides is 1. The summed E-state index contributed by atoms with van der Waals surface area (Å²) < 4.78 is 27.9. The molecule has 1 saturated carbocycles. The highest BCUT2D eigenvalue weighted by molar-refractivity contribution is 7.90. The van der Waals surface area contributed by atoms with Crippen molar-refractivity contribution in [3.05, 3.63) is 39.3 Å². The average molecular weight is 420 g/mol. The number of carbonyl (C=O) groups is 1. The van der Waals surface area contributed by atoms with Crippen molar-refractivity contribution in [1.82, 2.24) is 9.71 Å². The smallest absolute Gasteiger partial charge is 0.276 e. The van der Waals surface area contributed by atoms with E-state index in [9.17, 15) is 13.2 Å². The summed E-state index contributed by atoms with van der Waals surface area (Å²) in [5.41, 5.74) is 2.65. The van der Waals surface area contributed by atoms with Gasteiger partial charge in [-0.2, -0.15) is 0 Å². The summed E-state index contributed by atoms with van der Waals surface area (Å²) in [4.78, 5) is 19.8. The van der Waals surface area contributed by atoms with Crippen molar-refractivity contribution in [3.8, 4) is 0 Å². The summed E-state index contributed by atoms with van der Waals surface area (Å²) >= 11 is 1.33. The molecule has 1 aliphatic heterocycles. The van der Waals surface area contributed by atoms with E-state index in [0.717, 1.165) is 48.5 Å². The Morgan fingerprint density at radius 1 is 1.25 bits per heavy atom. The molecule has 2 heterocycles. The third kappa shape index (κ3) is 3.67. The van der Waals surface area contributed by atoms with E-state index in [4.69, 9.17) is 0 Å². The summed E-state index contributed by atoms with van der Waals surface area (Å²) in [7, 11) is -1.98. The number of benzene rings is 1. The minimum absolute atomic E-state index is 0.117. The standard InChI is InChI=1S/C20H25N3O3S2/c1-13-18(27-20(21-13)15-6-3-4-7-15)19(24)22-28(25,26)16-10-9-14-8-5-11-23(2)17(14)12-16/h9-10,12,15H,3-8,11H2,1-2H3,(H,22,24). The molecule has 4 rings (SSSR count). The number of nitrogens with one attached hydrogen (secondary N) is 1. The first-order valence-electron chi connectivity index (χ1n) is 9.73. The summed E-state index contributed by atoms with van der Waals surface area (Å²) in [6, 6.07) is 5.09. The molecule has 0 saturated heterocycles. The molecule has 0 radical (unpaired) electrons. The Bertz CT molecular complexity index is 1010. The van der Waals surface area contributed by atoms with Gasteiger partial charge in [0, 0.05) is 25.2 Å². The van der Waals surface area contributed by atoms with Crippen molar-refractivity contribution >= 4 is 33.0 Å². The Morgan fingerprint density at radius 3 is 2.75 bits per heavy atom. The maximum absolute atomic E-state index is 12.8. The lowest BCUT2D eigenvalue weighted by Crippen LogP contribution is -2.31. The van der Waals surface area contributed by atoms with E-state index in [0.29, 0.717) is 16.5 Å². The fraction of sp³-hybridized carbons (Fsp3) is 0.500. The van der Waals surface area contributed by atoms with E-state index in [1.807, 2.05) is 13.1 Å². The topological polar surface area (TPSA) is 79.4 Å². The van der Waals surface area contributed by atoms with Gasteiger partial charge in [-0.1, -0.05) is 18.9 Å². The number of aryl methyl sites for hydroxylation is 2. The van der Waals surface area contributed by atoms with Gasteiger partial charge < -0.3 is 4.90 Å². The molecule has 1 N–H and O–H groups in total. The molecule has 6 nitrogen and oxygen atoms in total. The summed E-state index contributed by atoms with van der Waals surface area (Å²) in [6.07, 6.45) is 6.55. The van der Waals surface area contributed by atoms with Gasteiger partial charge >= 0.3 is 0 Å². The maximum Gasteiger partial charge on any atom is 0.276 e. The predicted molar refractivity (Wildman–Crippen MR) is 111 cm³/mol. The van der Waals surface area contributed by atoms with Gasteiger partial charge in [0.25, 0.3) is 15.9 Å². The zero-order valence-corrected chi connectivity index (χ0v) is 17.8. The van der Waals surface area contributed by atoms with Gasteiger partial charge in [0.05, 0.1) is 15.6 Å². The predicted octanol–water partition coefficient (Wildman–Crippen LogP) is 3.61. The lowest BCUT2D eigenvalue weighted by Gasteiger charge is -2.27. The molecule has 0 bridgehead atoms. The Morgan fingerprint density at radius 2 is 2.00 bits per heavy atom. The van der Waals surface area contributed by atoms with Gasteiger partial charge in [0.1, 0.15) is 4.88 Å². The molecule has 0 unspecified atom stereocenters. The lowest BCUT2D eigenvalue weighted by atomic mass is 10.0. The van der Waals surface area contributed by atoms with Crippen molar-refractivity contribution < 1.29 is 13.2 Å². The first-order chi connectivity index (χ1) is 13.3. The van der Waals surface area contributed by atoms with Crippen LogP contribution in [0.3, 0.4) is 0 Å². The molecule has 1 aromatic carbocycles. The Hall–Kier alpha value is -1.93. The number of anilines is 1. The number of nitrogens with zero attached hydrogens (tertiary/aromatic N) is 2. The van der Waals surface area contributed by atoms with Gasteiger partial charge in [-0.25, -0.2) is 18.1 Å². The number of carbonyl (C=O) groups excluding carboxylic acids is 1. The molecule has 1 amide bonds. The molecule has 1 aromatic heterocycles. The fourth-order valence-electron chi connectivity index (χ4n) is 4.11. The molecular formula is C20H25N3O3S2. The SMILES string of the molecule is Cc1nc(C2CCCC2)sc1C(=O)NS(=O)(=O)c1ccc2c(c1)N(C)CCC2. The van der Waals surface area contributed by atoms with Crippen LogP contribution in [-0.2, 0) is 16.4 Å². The van der Waals surface area contributed by atoms with Crippen LogP contribution >= 0.6 is 11.3 Å². The first kappa shape index (κ1) is 19.4. The normalized spacial score (nSPS) is 17.6. The van der Waals surface area contributed by atoms with Crippen molar-refractivity contribution in [2.75, 3.05) is 18.5 Å². The van der Waals surface area contributed by atoms with E-state index in [-0.39, 0.29) is 4.90 Å². The molecule has 2 aliphatic rings. The number of aromatic nitrogens is 1. The van der Waals surface area contributed by atoms with Crippen molar-refractivity contribution in [2.45, 2.75) is 56.3 Å². The molecule has 0 spiro atoms. The average Bonchev–Trinajstić information content (AvgIpc) is 3.31. The second-order valence-electron chi connectivity index (χ2n) is 7.70. The van der Waals surface area contributed by atoms with Crippen molar-refractivity contribution in [2.24, 2.45) is 0 Å². The van der Waals surface area contributed by atoms with E-state index in [2.05, 4.69) is 14.6 Å². The van der Waals surface area contributed by atoms with Gasteiger partial charge in [-0.05, 0) is 50.3 Å². The minimum Gasteiger partial charge on any atom is -0.374 e. The molecular weight excluding hydrogens is 394 g/mol. The second-order valence-corrected chi connectivity index (χ2v) is 10.4. The third-order valence-corrected chi connectivity index (χ3v) is 8.32. The highest BCUT2D eigenvalue weighted by atomic mass is 32.2. The molecule has 150 valence electrons. The zero-order chi connectivity index (χ0) is 19.9. The van der Waals surface area contributed by atoms with Crippen LogP contribution in [0.1, 0.15) is 64.0 Å². The molecule has 8 heteroatoms. The van der Waals surface area contributed by atoms with E-state index in [1.54, 1.807) is 19.1 Å². The number of rotatable bonds is 4. The monoisotopic (exact) mass is 419 g/mol. The number of amides is 1. The molecule has 1 aliphatic carbocycles. The van der Waals surface area contributed by atoms with Crippen molar-refractivity contribution in [1.29, 1.82) is 0 Å². The summed E-state index contributed by atoms with van der Waals surface area (Å²) in [6.45, 7) is 2.66. The van der Waals surface area contributed by atoms with Crippen LogP contribution in [0.25, 0.3) is 0 Å². The quantitative estimate of drug-likeness (QED) is 0.819. The van der Waals surface area contributed by atoms with Crippen LogP contribution < -0.4 is 9.62 Å². The number of thiazole rings is 1. The molecule has 28 heavy (non-hydrogen) atoms. The third-order valence-electron chi connectivity index (χ3n) is 5.67.